The Morgan fingerprint density at radius 3 is 2.85 bits per heavy atom. The standard InChI is InChI=1S/C18H16ClN5O3/c19-15-14-16(23-18(20)22-15)21-10-24(14)12-6-7-13(26-8-12)9-27-17(25)11-4-2-1-3-5-11/h1-7,10,12-13H,8-9H2,(H2,20,22,23)/t12-,13-/m0/s1. The van der Waals surface area contributed by atoms with E-state index >= 15 is 0 Å². The molecule has 4 rings (SSSR count). The van der Waals surface area contributed by atoms with Crippen LogP contribution in [0.15, 0.2) is 48.8 Å². The van der Waals surface area contributed by atoms with E-state index in [2.05, 4.69) is 15.0 Å². The van der Waals surface area contributed by atoms with Crippen molar-refractivity contribution in [1.82, 2.24) is 19.5 Å². The second-order valence-corrected chi connectivity index (χ2v) is 6.34. The number of fused-ring (bicyclic) bond motifs is 1. The normalized spacial score (nSPS) is 19.3. The topological polar surface area (TPSA) is 105 Å². The fraction of sp³-hybridized carbons (Fsp3) is 0.222. The zero-order valence-electron chi connectivity index (χ0n) is 14.2. The molecule has 0 saturated carbocycles. The number of esters is 1. The molecule has 0 amide bonds. The molecule has 0 unspecified atom stereocenters. The minimum atomic E-state index is -0.378. The third-order valence-electron chi connectivity index (χ3n) is 4.18. The van der Waals surface area contributed by atoms with Crippen LogP contribution in [-0.4, -0.2) is 44.8 Å². The Morgan fingerprint density at radius 1 is 1.30 bits per heavy atom. The van der Waals surface area contributed by atoms with Gasteiger partial charge in [0.2, 0.25) is 5.95 Å². The molecule has 0 fully saturated rings. The molecule has 1 aromatic carbocycles. The van der Waals surface area contributed by atoms with Crippen LogP contribution in [0, 0.1) is 0 Å². The average Bonchev–Trinajstić information content (AvgIpc) is 3.11. The molecule has 1 aliphatic rings. The van der Waals surface area contributed by atoms with Crippen molar-refractivity contribution in [2.45, 2.75) is 12.1 Å². The number of nitrogens with two attached hydrogens (primary N) is 1. The summed E-state index contributed by atoms with van der Waals surface area (Å²) in [5, 5.41) is 0.238. The monoisotopic (exact) mass is 385 g/mol. The van der Waals surface area contributed by atoms with Crippen LogP contribution in [0.1, 0.15) is 16.4 Å². The van der Waals surface area contributed by atoms with E-state index in [1.54, 1.807) is 30.6 Å². The first-order chi connectivity index (χ1) is 13.1. The lowest BCUT2D eigenvalue weighted by atomic mass is 10.2. The number of nitrogens with zero attached hydrogens (tertiary/aromatic N) is 4. The molecule has 2 aromatic heterocycles. The van der Waals surface area contributed by atoms with Crippen molar-refractivity contribution in [3.63, 3.8) is 0 Å². The highest BCUT2D eigenvalue weighted by Crippen LogP contribution is 2.26. The minimum Gasteiger partial charge on any atom is -0.459 e. The molecule has 1 aliphatic heterocycles. The summed E-state index contributed by atoms with van der Waals surface area (Å²) >= 11 is 6.19. The van der Waals surface area contributed by atoms with Crippen LogP contribution >= 0.6 is 11.6 Å². The Morgan fingerprint density at radius 2 is 2.11 bits per heavy atom. The van der Waals surface area contributed by atoms with Gasteiger partial charge in [0.15, 0.2) is 10.8 Å². The van der Waals surface area contributed by atoms with Crippen molar-refractivity contribution >= 4 is 34.7 Å². The molecule has 0 spiro atoms. The van der Waals surface area contributed by atoms with Gasteiger partial charge in [-0.3, -0.25) is 0 Å². The van der Waals surface area contributed by atoms with E-state index < -0.39 is 0 Å². The Balaban J connectivity index is 1.43. The number of aromatic nitrogens is 4. The summed E-state index contributed by atoms with van der Waals surface area (Å²) in [6.45, 7) is 0.512. The number of imidazole rings is 1. The molecule has 8 nitrogen and oxygen atoms in total. The predicted molar refractivity (Wildman–Crippen MR) is 99.4 cm³/mol. The molecule has 0 bridgehead atoms. The van der Waals surface area contributed by atoms with E-state index in [9.17, 15) is 4.79 Å². The quantitative estimate of drug-likeness (QED) is 0.417. The number of carbonyl (C=O) groups excluding carboxylic acids is 1. The molecule has 138 valence electrons. The number of hydrogen-bond acceptors (Lipinski definition) is 7. The Hall–Kier alpha value is -2.97. The minimum absolute atomic E-state index is 0.0773. The summed E-state index contributed by atoms with van der Waals surface area (Å²) in [5.41, 5.74) is 7.13. The fourth-order valence-electron chi connectivity index (χ4n) is 2.85. The summed E-state index contributed by atoms with van der Waals surface area (Å²) in [7, 11) is 0. The number of ether oxygens (including phenoxy) is 2. The third-order valence-corrected chi connectivity index (χ3v) is 4.44. The summed E-state index contributed by atoms with van der Waals surface area (Å²) in [6, 6.07) is 8.71. The summed E-state index contributed by atoms with van der Waals surface area (Å²) in [5.74, 6) is -0.301. The molecule has 9 heteroatoms. The molecule has 2 N–H and O–H groups in total. The zero-order chi connectivity index (χ0) is 18.8. The highest BCUT2D eigenvalue weighted by atomic mass is 35.5. The van der Waals surface area contributed by atoms with Gasteiger partial charge in [-0.25, -0.2) is 9.78 Å². The Kier molecular flexibility index (Phi) is 4.74. The van der Waals surface area contributed by atoms with Crippen LogP contribution in [0.5, 0.6) is 0 Å². The second kappa shape index (κ2) is 7.34. The van der Waals surface area contributed by atoms with Crippen LogP contribution in [-0.2, 0) is 9.47 Å². The lowest BCUT2D eigenvalue weighted by Crippen LogP contribution is -2.27. The van der Waals surface area contributed by atoms with Crippen molar-refractivity contribution in [3.8, 4) is 0 Å². The number of hydrogen-bond donors (Lipinski definition) is 1. The molecule has 27 heavy (non-hydrogen) atoms. The highest BCUT2D eigenvalue weighted by molar-refractivity contribution is 6.33. The van der Waals surface area contributed by atoms with E-state index in [4.69, 9.17) is 26.8 Å². The molecule has 0 aliphatic carbocycles. The molecule has 0 saturated heterocycles. The van der Waals surface area contributed by atoms with E-state index in [0.717, 1.165) is 0 Å². The van der Waals surface area contributed by atoms with Gasteiger partial charge in [0.25, 0.3) is 0 Å². The number of nitrogen functional groups attached to an aromatic ring is 1. The average molecular weight is 386 g/mol. The van der Waals surface area contributed by atoms with Crippen molar-refractivity contribution in [3.05, 3.63) is 59.5 Å². The van der Waals surface area contributed by atoms with Crippen LogP contribution < -0.4 is 5.73 Å². The molecular weight excluding hydrogens is 370 g/mol. The maximum absolute atomic E-state index is 12.0. The molecule has 2 atom stereocenters. The third kappa shape index (κ3) is 3.62. The van der Waals surface area contributed by atoms with Crippen molar-refractivity contribution < 1.29 is 14.3 Å². The number of benzene rings is 1. The van der Waals surface area contributed by atoms with E-state index in [0.29, 0.717) is 23.3 Å². The number of halogens is 1. The predicted octanol–water partition coefficient (Wildman–Crippen LogP) is 2.42. The maximum Gasteiger partial charge on any atom is 0.338 e. The van der Waals surface area contributed by atoms with Crippen molar-refractivity contribution in [1.29, 1.82) is 0 Å². The maximum atomic E-state index is 12.0. The van der Waals surface area contributed by atoms with Crippen LogP contribution in [0.4, 0.5) is 5.95 Å². The smallest absolute Gasteiger partial charge is 0.338 e. The van der Waals surface area contributed by atoms with E-state index in [1.165, 1.54) is 0 Å². The van der Waals surface area contributed by atoms with Gasteiger partial charge < -0.3 is 19.8 Å². The van der Waals surface area contributed by atoms with Crippen LogP contribution in [0.3, 0.4) is 0 Å². The van der Waals surface area contributed by atoms with Crippen LogP contribution in [0.25, 0.3) is 11.2 Å². The first kappa shape index (κ1) is 17.4. The van der Waals surface area contributed by atoms with Crippen molar-refractivity contribution in [2.24, 2.45) is 0 Å². The summed E-state index contributed by atoms with van der Waals surface area (Å²) in [6.07, 6.45) is 5.12. The molecule has 3 aromatic rings. The number of carbonyl (C=O) groups is 1. The van der Waals surface area contributed by atoms with E-state index in [1.807, 2.05) is 22.8 Å². The Bertz CT molecular complexity index is 1000. The van der Waals surface area contributed by atoms with Gasteiger partial charge in [0.1, 0.15) is 18.2 Å². The lowest BCUT2D eigenvalue weighted by Gasteiger charge is -2.24. The fourth-order valence-corrected chi connectivity index (χ4v) is 3.12. The lowest BCUT2D eigenvalue weighted by molar-refractivity contribution is -0.000113. The number of rotatable bonds is 4. The summed E-state index contributed by atoms with van der Waals surface area (Å²) < 4.78 is 12.9. The van der Waals surface area contributed by atoms with Crippen molar-refractivity contribution in [2.75, 3.05) is 18.9 Å². The van der Waals surface area contributed by atoms with Gasteiger partial charge >= 0.3 is 5.97 Å². The molecule has 3 heterocycles. The molecule has 0 radical (unpaired) electrons. The molecular formula is C18H16ClN5O3. The van der Waals surface area contributed by atoms with E-state index in [-0.39, 0.29) is 35.8 Å². The van der Waals surface area contributed by atoms with Gasteiger partial charge in [-0.15, -0.1) is 0 Å². The SMILES string of the molecule is Nc1nc(Cl)c2c(ncn2[C@H]2C=C[C@@H](COC(=O)c3ccccc3)OC2)n1. The van der Waals surface area contributed by atoms with Gasteiger partial charge in [-0.2, -0.15) is 9.97 Å². The largest absolute Gasteiger partial charge is 0.459 e. The first-order valence-corrected chi connectivity index (χ1v) is 8.67. The van der Waals surface area contributed by atoms with Gasteiger partial charge in [-0.1, -0.05) is 42.0 Å². The Labute approximate surface area is 159 Å². The van der Waals surface area contributed by atoms with Crippen LogP contribution in [0.2, 0.25) is 5.15 Å². The van der Waals surface area contributed by atoms with Gasteiger partial charge in [-0.05, 0) is 12.1 Å². The summed E-state index contributed by atoms with van der Waals surface area (Å²) in [4.78, 5) is 24.3. The highest BCUT2D eigenvalue weighted by Gasteiger charge is 2.22. The van der Waals surface area contributed by atoms with Gasteiger partial charge in [0, 0.05) is 0 Å². The zero-order valence-corrected chi connectivity index (χ0v) is 14.9. The van der Waals surface area contributed by atoms with Gasteiger partial charge in [0.05, 0.1) is 24.5 Å². The first-order valence-electron chi connectivity index (χ1n) is 8.29. The second-order valence-electron chi connectivity index (χ2n) is 5.99. The number of anilines is 1.